The first kappa shape index (κ1) is 20.4. The van der Waals surface area contributed by atoms with Crippen molar-refractivity contribution in [2.24, 2.45) is 11.3 Å². The molecule has 2 aliphatic rings. The number of hydrogen-bond donors (Lipinski definition) is 0. The zero-order chi connectivity index (χ0) is 21.1. The molecule has 2 atom stereocenters. The molecule has 0 bridgehead atoms. The summed E-state index contributed by atoms with van der Waals surface area (Å²) in [6.07, 6.45) is 3.55. The second-order valence-corrected chi connectivity index (χ2v) is 8.42. The fourth-order valence-electron chi connectivity index (χ4n) is 4.95. The highest BCUT2D eigenvalue weighted by molar-refractivity contribution is 5.96. The minimum Gasteiger partial charge on any atom is -0.477 e. The molecule has 3 heterocycles. The summed E-state index contributed by atoms with van der Waals surface area (Å²) in [5.41, 5.74) is 1.74. The zero-order valence-electron chi connectivity index (χ0n) is 17.7. The second kappa shape index (κ2) is 8.46. The lowest BCUT2D eigenvalue weighted by Gasteiger charge is -2.29. The molecule has 1 aromatic carbocycles. The quantitative estimate of drug-likeness (QED) is 0.738. The predicted molar refractivity (Wildman–Crippen MR) is 114 cm³/mol. The van der Waals surface area contributed by atoms with Gasteiger partial charge in [-0.05, 0) is 37.5 Å². The summed E-state index contributed by atoms with van der Waals surface area (Å²) in [6, 6.07) is 14.0. The first-order valence-electron chi connectivity index (χ1n) is 10.7. The number of carbonyl (C=O) groups excluding carboxylic acids is 2. The molecule has 2 amide bonds. The summed E-state index contributed by atoms with van der Waals surface area (Å²) in [4.78, 5) is 33.5. The molecular weight excluding hydrogens is 378 g/mol. The van der Waals surface area contributed by atoms with Gasteiger partial charge < -0.3 is 14.5 Å². The maximum Gasteiger partial charge on any atom is 0.259 e. The van der Waals surface area contributed by atoms with Gasteiger partial charge in [0.2, 0.25) is 11.8 Å². The molecule has 4 rings (SSSR count). The standard InChI is InChI=1S/C24H29N3O3/c1-3-30-22-21(10-7-13-25-22)23(29)27-15-20-14-26(18(2)28)16-24(20,17-27)12-11-19-8-5-4-6-9-19/h4-10,13,20H,3,11-12,14-17H2,1-2H3/t20-,24+/m1/s1. The number of benzene rings is 1. The Labute approximate surface area is 177 Å². The van der Waals surface area contributed by atoms with E-state index >= 15 is 0 Å². The van der Waals surface area contributed by atoms with Gasteiger partial charge in [0.05, 0.1) is 6.61 Å². The maximum atomic E-state index is 13.3. The van der Waals surface area contributed by atoms with Crippen LogP contribution in [0.15, 0.2) is 48.7 Å². The van der Waals surface area contributed by atoms with Crippen LogP contribution in [0.5, 0.6) is 5.88 Å². The highest BCUT2D eigenvalue weighted by Gasteiger charge is 2.53. The van der Waals surface area contributed by atoms with E-state index in [2.05, 4.69) is 29.2 Å². The Balaban J connectivity index is 1.55. The molecule has 6 nitrogen and oxygen atoms in total. The minimum absolute atomic E-state index is 0.0330. The molecular formula is C24H29N3O3. The van der Waals surface area contributed by atoms with Crippen molar-refractivity contribution in [3.05, 3.63) is 59.8 Å². The van der Waals surface area contributed by atoms with E-state index in [1.54, 1.807) is 25.3 Å². The van der Waals surface area contributed by atoms with Crippen LogP contribution >= 0.6 is 0 Å². The van der Waals surface area contributed by atoms with Gasteiger partial charge in [0.15, 0.2) is 0 Å². The zero-order valence-corrected chi connectivity index (χ0v) is 17.7. The number of likely N-dealkylation sites (tertiary alicyclic amines) is 2. The van der Waals surface area contributed by atoms with E-state index in [4.69, 9.17) is 4.74 Å². The van der Waals surface area contributed by atoms with Crippen molar-refractivity contribution in [1.82, 2.24) is 14.8 Å². The number of rotatable bonds is 6. The number of hydrogen-bond acceptors (Lipinski definition) is 4. The molecule has 6 heteroatoms. The highest BCUT2D eigenvalue weighted by atomic mass is 16.5. The number of amides is 2. The number of aryl methyl sites for hydroxylation is 1. The van der Waals surface area contributed by atoms with E-state index in [-0.39, 0.29) is 17.2 Å². The lowest BCUT2D eigenvalue weighted by Crippen LogP contribution is -2.38. The van der Waals surface area contributed by atoms with Crippen molar-refractivity contribution in [2.75, 3.05) is 32.8 Å². The monoisotopic (exact) mass is 407 g/mol. The van der Waals surface area contributed by atoms with E-state index in [0.717, 1.165) is 25.9 Å². The van der Waals surface area contributed by atoms with E-state index in [1.165, 1.54) is 5.56 Å². The summed E-state index contributed by atoms with van der Waals surface area (Å²) in [5, 5.41) is 0. The van der Waals surface area contributed by atoms with Gasteiger partial charge >= 0.3 is 0 Å². The number of nitrogens with zero attached hydrogens (tertiary/aromatic N) is 3. The SMILES string of the molecule is CCOc1ncccc1C(=O)N1C[C@H]2CN(C(C)=O)C[C@@]2(CCc2ccccc2)C1. The van der Waals surface area contributed by atoms with Crippen LogP contribution in [0.1, 0.15) is 36.2 Å². The van der Waals surface area contributed by atoms with E-state index in [9.17, 15) is 9.59 Å². The fraction of sp³-hybridized carbons (Fsp3) is 0.458. The van der Waals surface area contributed by atoms with Gasteiger partial charge in [-0.15, -0.1) is 0 Å². The lowest BCUT2D eigenvalue weighted by atomic mass is 9.76. The van der Waals surface area contributed by atoms with Gasteiger partial charge in [-0.3, -0.25) is 9.59 Å². The highest BCUT2D eigenvalue weighted by Crippen LogP contribution is 2.46. The molecule has 2 aliphatic heterocycles. The first-order valence-corrected chi connectivity index (χ1v) is 10.7. The van der Waals surface area contributed by atoms with Crippen molar-refractivity contribution in [3.8, 4) is 5.88 Å². The van der Waals surface area contributed by atoms with Gasteiger partial charge in [-0.2, -0.15) is 0 Å². The van der Waals surface area contributed by atoms with Crippen LogP contribution < -0.4 is 4.74 Å². The molecule has 158 valence electrons. The minimum atomic E-state index is -0.0643. The molecule has 0 spiro atoms. The average Bonchev–Trinajstić information content (AvgIpc) is 3.28. The average molecular weight is 408 g/mol. The van der Waals surface area contributed by atoms with E-state index < -0.39 is 0 Å². The summed E-state index contributed by atoms with van der Waals surface area (Å²) < 4.78 is 5.58. The predicted octanol–water partition coefficient (Wildman–Crippen LogP) is 3.03. The van der Waals surface area contributed by atoms with Gasteiger partial charge in [0, 0.05) is 50.6 Å². The normalized spacial score (nSPS) is 22.8. The number of fused-ring (bicyclic) bond motifs is 1. The first-order chi connectivity index (χ1) is 14.5. The third-order valence-corrected chi connectivity index (χ3v) is 6.53. The molecule has 0 N–H and O–H groups in total. The van der Waals surface area contributed by atoms with Gasteiger partial charge in [-0.25, -0.2) is 4.98 Å². The second-order valence-electron chi connectivity index (χ2n) is 8.42. The van der Waals surface area contributed by atoms with Gasteiger partial charge in [0.25, 0.3) is 5.91 Å². The molecule has 2 saturated heterocycles. The third-order valence-electron chi connectivity index (χ3n) is 6.53. The van der Waals surface area contributed by atoms with Crippen molar-refractivity contribution >= 4 is 11.8 Å². The van der Waals surface area contributed by atoms with E-state index in [1.807, 2.05) is 22.8 Å². The summed E-state index contributed by atoms with van der Waals surface area (Å²) in [7, 11) is 0. The van der Waals surface area contributed by atoms with Gasteiger partial charge in [-0.1, -0.05) is 30.3 Å². The Bertz CT molecular complexity index is 917. The van der Waals surface area contributed by atoms with E-state index in [0.29, 0.717) is 37.1 Å². The molecule has 30 heavy (non-hydrogen) atoms. The van der Waals surface area contributed by atoms with Crippen LogP contribution in [0, 0.1) is 11.3 Å². The Morgan fingerprint density at radius 3 is 2.57 bits per heavy atom. The Morgan fingerprint density at radius 2 is 1.83 bits per heavy atom. The largest absolute Gasteiger partial charge is 0.477 e. The Hall–Kier alpha value is -2.89. The summed E-state index contributed by atoms with van der Waals surface area (Å²) >= 11 is 0. The van der Waals surface area contributed by atoms with Crippen molar-refractivity contribution < 1.29 is 14.3 Å². The summed E-state index contributed by atoms with van der Waals surface area (Å²) in [5.74, 6) is 0.772. The maximum absolute atomic E-state index is 13.3. The van der Waals surface area contributed by atoms with Crippen LogP contribution in [0.3, 0.4) is 0 Å². The molecule has 1 aromatic heterocycles. The number of carbonyl (C=O) groups is 2. The van der Waals surface area contributed by atoms with Crippen LogP contribution in [-0.4, -0.2) is 59.4 Å². The third kappa shape index (κ3) is 3.91. The number of pyridine rings is 1. The van der Waals surface area contributed by atoms with Crippen LogP contribution in [0.2, 0.25) is 0 Å². The molecule has 0 unspecified atom stereocenters. The van der Waals surface area contributed by atoms with Gasteiger partial charge in [0.1, 0.15) is 5.56 Å². The lowest BCUT2D eigenvalue weighted by molar-refractivity contribution is -0.128. The van der Waals surface area contributed by atoms with Crippen LogP contribution in [0.4, 0.5) is 0 Å². The smallest absolute Gasteiger partial charge is 0.259 e. The number of ether oxygens (including phenoxy) is 1. The molecule has 0 aliphatic carbocycles. The molecule has 0 radical (unpaired) electrons. The topological polar surface area (TPSA) is 62.7 Å². The van der Waals surface area contributed by atoms with Crippen molar-refractivity contribution in [2.45, 2.75) is 26.7 Å². The molecule has 2 aromatic rings. The van der Waals surface area contributed by atoms with Crippen molar-refractivity contribution in [1.29, 1.82) is 0 Å². The Morgan fingerprint density at radius 1 is 1.10 bits per heavy atom. The summed E-state index contributed by atoms with van der Waals surface area (Å²) in [6.45, 7) is 6.76. The van der Waals surface area contributed by atoms with Crippen LogP contribution in [0.25, 0.3) is 0 Å². The fourth-order valence-corrected chi connectivity index (χ4v) is 4.95. The van der Waals surface area contributed by atoms with Crippen molar-refractivity contribution in [3.63, 3.8) is 0 Å². The Kier molecular flexibility index (Phi) is 5.75. The van der Waals surface area contributed by atoms with Crippen LogP contribution in [-0.2, 0) is 11.2 Å². The number of aromatic nitrogens is 1. The molecule has 0 saturated carbocycles. The molecule has 2 fully saturated rings.